The van der Waals surface area contributed by atoms with Crippen molar-refractivity contribution >= 4 is 29.9 Å². The molecule has 0 aromatic heterocycles. The van der Waals surface area contributed by atoms with Crippen molar-refractivity contribution in [2.45, 2.75) is 42.4 Å². The quantitative estimate of drug-likeness (QED) is 0.200. The van der Waals surface area contributed by atoms with Crippen molar-refractivity contribution in [1.82, 2.24) is 0 Å². The van der Waals surface area contributed by atoms with E-state index in [0.717, 1.165) is 0 Å². The van der Waals surface area contributed by atoms with Crippen LogP contribution in [0.5, 0.6) is 0 Å². The van der Waals surface area contributed by atoms with Crippen LogP contribution >= 0.6 is 0 Å². The highest BCUT2D eigenvalue weighted by Gasteiger charge is 2.28. The molecule has 0 aliphatic heterocycles. The molecule has 0 spiro atoms. The SMILES string of the molecule is C=CCOCC(CC)OCC(CCOC)c1ccc(S(=O)(=O)N=S(C)(=O)N=S(=O)(OF)C(F)F)cc1. The van der Waals surface area contributed by atoms with Crippen LogP contribution < -0.4 is 0 Å². The van der Waals surface area contributed by atoms with Gasteiger partial charge in [0.1, 0.15) is 0 Å². The van der Waals surface area contributed by atoms with Gasteiger partial charge in [-0.05, 0) is 35.1 Å². The molecule has 4 unspecified atom stereocenters. The molecule has 36 heavy (non-hydrogen) atoms. The Morgan fingerprint density at radius 3 is 2.22 bits per heavy atom. The topological polar surface area (TPSA) is 130 Å². The lowest BCUT2D eigenvalue weighted by Gasteiger charge is -2.22. The molecular formula is C20H31F3N2O8S3. The summed E-state index contributed by atoms with van der Waals surface area (Å²) in [7, 11) is -12.9. The number of benzene rings is 1. The number of hydrogen-bond donors (Lipinski definition) is 0. The van der Waals surface area contributed by atoms with Crippen molar-refractivity contribution in [3.8, 4) is 0 Å². The molecule has 0 saturated heterocycles. The summed E-state index contributed by atoms with van der Waals surface area (Å²) in [4.78, 5) is -0.434. The van der Waals surface area contributed by atoms with Crippen LogP contribution in [-0.4, -0.2) is 68.5 Å². The van der Waals surface area contributed by atoms with E-state index in [0.29, 0.717) is 51.1 Å². The summed E-state index contributed by atoms with van der Waals surface area (Å²) in [6.07, 6.45) is 3.25. The van der Waals surface area contributed by atoms with Crippen LogP contribution in [0.2, 0.25) is 0 Å². The molecule has 0 bridgehead atoms. The third-order valence-electron chi connectivity index (χ3n) is 4.64. The molecule has 0 aliphatic rings. The maximum atomic E-state index is 12.7. The Bertz CT molecular complexity index is 1180. The lowest BCUT2D eigenvalue weighted by Crippen LogP contribution is -2.23. The largest absolute Gasteiger partial charge is 0.385 e. The Hall–Kier alpha value is -1.56. The van der Waals surface area contributed by atoms with Gasteiger partial charge < -0.3 is 14.2 Å². The second-order valence-corrected chi connectivity index (χ2v) is 13.1. The molecule has 0 fully saturated rings. The molecule has 1 aromatic carbocycles. The van der Waals surface area contributed by atoms with Gasteiger partial charge in [0, 0.05) is 25.9 Å². The summed E-state index contributed by atoms with van der Waals surface area (Å²) in [5.74, 6) is -4.15. The fourth-order valence-corrected chi connectivity index (χ4v) is 7.42. The summed E-state index contributed by atoms with van der Waals surface area (Å²) in [6.45, 7) is 7.02. The van der Waals surface area contributed by atoms with Crippen LogP contribution in [-0.2, 0) is 48.5 Å². The summed E-state index contributed by atoms with van der Waals surface area (Å²) < 4.78 is 111. The number of alkyl halides is 2. The minimum atomic E-state index is -5.35. The second kappa shape index (κ2) is 15.0. The Labute approximate surface area is 210 Å². The highest BCUT2D eigenvalue weighted by Crippen LogP contribution is 2.25. The minimum Gasteiger partial charge on any atom is -0.385 e. The number of rotatable bonds is 17. The van der Waals surface area contributed by atoms with Gasteiger partial charge in [0.2, 0.25) is 0 Å². The van der Waals surface area contributed by atoms with Crippen molar-refractivity contribution in [3.05, 3.63) is 42.5 Å². The molecule has 0 N–H and O–H groups in total. The minimum absolute atomic E-state index is 0.160. The smallest absolute Gasteiger partial charge is 0.346 e. The lowest BCUT2D eigenvalue weighted by atomic mass is 9.97. The average molecular weight is 581 g/mol. The number of nitrogens with zero attached hydrogens (tertiary/aromatic N) is 2. The van der Waals surface area contributed by atoms with Crippen molar-refractivity contribution in [2.24, 2.45) is 7.54 Å². The maximum absolute atomic E-state index is 12.7. The van der Waals surface area contributed by atoms with E-state index in [9.17, 15) is 30.1 Å². The van der Waals surface area contributed by atoms with Crippen LogP contribution in [0.15, 0.2) is 49.4 Å². The van der Waals surface area contributed by atoms with Crippen LogP contribution in [0.3, 0.4) is 0 Å². The maximum Gasteiger partial charge on any atom is 0.346 e. The van der Waals surface area contributed by atoms with Gasteiger partial charge in [0.15, 0.2) is 9.92 Å². The predicted octanol–water partition coefficient (Wildman–Crippen LogP) is 4.01. The molecule has 16 heteroatoms. The summed E-state index contributed by atoms with van der Waals surface area (Å²) >= 11 is 0. The molecule has 1 aromatic rings. The van der Waals surface area contributed by atoms with Crippen molar-refractivity contribution in [1.29, 1.82) is 0 Å². The van der Waals surface area contributed by atoms with Crippen molar-refractivity contribution < 1.29 is 48.7 Å². The van der Waals surface area contributed by atoms with Gasteiger partial charge in [-0.3, -0.25) is 0 Å². The zero-order valence-electron chi connectivity index (χ0n) is 20.1. The Morgan fingerprint density at radius 2 is 1.72 bits per heavy atom. The molecule has 0 aliphatic carbocycles. The summed E-state index contributed by atoms with van der Waals surface area (Å²) in [5, 5.41) is 0. The zero-order chi connectivity index (χ0) is 27.4. The monoisotopic (exact) mass is 580 g/mol. The van der Waals surface area contributed by atoms with E-state index in [1.54, 1.807) is 13.2 Å². The van der Waals surface area contributed by atoms with Gasteiger partial charge in [0.25, 0.3) is 20.0 Å². The number of hydrogen-bond acceptors (Lipinski definition) is 8. The van der Waals surface area contributed by atoms with E-state index >= 15 is 0 Å². The first-order chi connectivity index (χ1) is 16.8. The van der Waals surface area contributed by atoms with Gasteiger partial charge in [0.05, 0.1) is 30.8 Å². The molecule has 0 amide bonds. The first kappa shape index (κ1) is 32.5. The van der Waals surface area contributed by atoms with Gasteiger partial charge in [-0.25, -0.2) is 8.42 Å². The third-order valence-corrected chi connectivity index (χ3v) is 9.97. The first-order valence-electron chi connectivity index (χ1n) is 10.6. The molecule has 4 atom stereocenters. The van der Waals surface area contributed by atoms with Crippen LogP contribution in [0.1, 0.15) is 31.2 Å². The molecular weight excluding hydrogens is 549 g/mol. The Morgan fingerprint density at radius 1 is 1.08 bits per heavy atom. The molecule has 1 rings (SSSR count). The fraction of sp³-hybridized carbons (Fsp3) is 0.600. The van der Waals surface area contributed by atoms with Gasteiger partial charge >= 0.3 is 5.76 Å². The second-order valence-electron chi connectivity index (χ2n) is 7.46. The molecule has 208 valence electrons. The Kier molecular flexibility index (Phi) is 13.5. The van der Waals surface area contributed by atoms with E-state index in [-0.39, 0.29) is 12.0 Å². The number of ether oxygens (including phenoxy) is 3. The normalized spacial score (nSPS) is 17.1. The van der Waals surface area contributed by atoms with Crippen LogP contribution in [0.4, 0.5) is 13.3 Å². The molecule has 0 radical (unpaired) electrons. The fourth-order valence-electron chi connectivity index (χ4n) is 2.84. The summed E-state index contributed by atoms with van der Waals surface area (Å²) in [5.41, 5.74) is 0.710. The zero-order valence-corrected chi connectivity index (χ0v) is 22.5. The molecule has 10 nitrogen and oxygen atoms in total. The van der Waals surface area contributed by atoms with Crippen molar-refractivity contribution in [2.75, 3.05) is 39.8 Å². The van der Waals surface area contributed by atoms with Gasteiger partial charge in [-0.2, -0.15) is 17.2 Å². The lowest BCUT2D eigenvalue weighted by molar-refractivity contribution is -0.0193. The highest BCUT2D eigenvalue weighted by atomic mass is 32.3. The van der Waals surface area contributed by atoms with E-state index in [1.807, 2.05) is 6.92 Å². The van der Waals surface area contributed by atoms with Crippen LogP contribution in [0.25, 0.3) is 0 Å². The number of methoxy groups -OCH3 is 1. The summed E-state index contributed by atoms with van der Waals surface area (Å²) in [6, 6.07) is 5.32. The molecule has 0 saturated carbocycles. The van der Waals surface area contributed by atoms with E-state index in [1.165, 1.54) is 24.3 Å². The van der Waals surface area contributed by atoms with Crippen LogP contribution in [0, 0.1) is 0 Å². The Balaban J connectivity index is 3.17. The predicted molar refractivity (Wildman–Crippen MR) is 129 cm³/mol. The third kappa shape index (κ3) is 10.4. The number of halogens is 3. The van der Waals surface area contributed by atoms with Crippen molar-refractivity contribution in [3.63, 3.8) is 0 Å². The van der Waals surface area contributed by atoms with E-state index in [4.69, 9.17) is 14.2 Å². The first-order valence-corrected chi connectivity index (χ1v) is 15.4. The van der Waals surface area contributed by atoms with Gasteiger partial charge in [-0.15, -0.1) is 6.58 Å². The standard InChI is InChI=1S/C20H31F3N2O8S3/c1-5-12-31-15-18(6-2)32-14-17(11-13-30-3)16-7-9-19(10-8-16)35(27,28)24-34(4,26)25-36(29,33-23)20(21)22/h5,7-10,17-18,20H,1,6,11-15H2,2-4H3. The van der Waals surface area contributed by atoms with E-state index < -0.39 is 40.6 Å². The van der Waals surface area contributed by atoms with Gasteiger partial charge in [-0.1, -0.05) is 37.1 Å². The van der Waals surface area contributed by atoms with E-state index in [2.05, 4.69) is 18.5 Å². The molecule has 0 heterocycles. The average Bonchev–Trinajstić information content (AvgIpc) is 2.81. The number of sulfonamides is 1. The highest BCUT2D eigenvalue weighted by molar-refractivity contribution is 8.06.